The fraction of sp³-hybridized carbons (Fsp3) is 0.385. The number of carbonyl (C=O) groups excluding carboxylic acids is 2. The second kappa shape index (κ2) is 10.4. The summed E-state index contributed by atoms with van der Waals surface area (Å²) in [4.78, 5) is 34.7. The standard InChI is InChI=1S/C26H31N5O2/c1-3-13-29-15-16-31(25(32)20(2)19-30-14-5-10-28-30)24(26(29)33)18-21-6-4-7-23(17-21)22-8-11-27-12-9-22/h4-12,14,17,20,24H,3,13,15-16,18-19H2,1-2H3/t20-,24+/m1/s1. The first kappa shape index (κ1) is 22.7. The topological polar surface area (TPSA) is 71.3 Å². The predicted molar refractivity (Wildman–Crippen MR) is 127 cm³/mol. The number of benzene rings is 1. The van der Waals surface area contributed by atoms with Gasteiger partial charge in [-0.25, -0.2) is 0 Å². The molecular formula is C26H31N5O2. The molecule has 7 heteroatoms. The Morgan fingerprint density at radius 3 is 2.64 bits per heavy atom. The molecule has 172 valence electrons. The highest BCUT2D eigenvalue weighted by Gasteiger charge is 2.38. The van der Waals surface area contributed by atoms with Crippen molar-refractivity contribution in [1.82, 2.24) is 24.6 Å². The normalized spacial score (nSPS) is 17.3. The lowest BCUT2D eigenvalue weighted by Gasteiger charge is -2.41. The summed E-state index contributed by atoms with van der Waals surface area (Å²) in [5.74, 6) is -0.219. The van der Waals surface area contributed by atoms with Gasteiger partial charge >= 0.3 is 0 Å². The Balaban J connectivity index is 1.57. The van der Waals surface area contributed by atoms with Gasteiger partial charge in [-0.2, -0.15) is 5.10 Å². The minimum absolute atomic E-state index is 0.00490. The number of rotatable bonds is 8. The van der Waals surface area contributed by atoms with E-state index in [4.69, 9.17) is 0 Å². The molecule has 0 bridgehead atoms. The third-order valence-electron chi connectivity index (χ3n) is 6.17. The minimum atomic E-state index is -0.495. The highest BCUT2D eigenvalue weighted by Crippen LogP contribution is 2.24. The maximum atomic E-state index is 13.4. The second-order valence-corrected chi connectivity index (χ2v) is 8.64. The van der Waals surface area contributed by atoms with Gasteiger partial charge in [0.15, 0.2) is 0 Å². The van der Waals surface area contributed by atoms with Gasteiger partial charge in [-0.3, -0.25) is 19.3 Å². The van der Waals surface area contributed by atoms with E-state index in [1.165, 1.54) is 0 Å². The second-order valence-electron chi connectivity index (χ2n) is 8.64. The van der Waals surface area contributed by atoms with Gasteiger partial charge in [-0.15, -0.1) is 0 Å². The number of carbonyl (C=O) groups is 2. The SMILES string of the molecule is CCCN1CCN(C(=O)[C@H](C)Cn2cccn2)[C@@H](Cc2cccc(-c3ccncc3)c2)C1=O. The molecule has 3 aromatic rings. The van der Waals surface area contributed by atoms with Crippen molar-refractivity contribution in [3.63, 3.8) is 0 Å². The Labute approximate surface area is 195 Å². The van der Waals surface area contributed by atoms with Crippen LogP contribution >= 0.6 is 0 Å². The summed E-state index contributed by atoms with van der Waals surface area (Å²) in [6.07, 6.45) is 8.52. The molecule has 3 heterocycles. The minimum Gasteiger partial charge on any atom is -0.339 e. The van der Waals surface area contributed by atoms with Crippen molar-refractivity contribution in [3.8, 4) is 11.1 Å². The molecular weight excluding hydrogens is 414 g/mol. The lowest BCUT2D eigenvalue weighted by molar-refractivity contribution is -0.153. The van der Waals surface area contributed by atoms with Crippen LogP contribution in [0.1, 0.15) is 25.8 Å². The van der Waals surface area contributed by atoms with Crippen LogP contribution in [0.3, 0.4) is 0 Å². The Bertz CT molecular complexity index is 1070. The first-order valence-corrected chi connectivity index (χ1v) is 11.6. The lowest BCUT2D eigenvalue weighted by Crippen LogP contribution is -2.60. The summed E-state index contributed by atoms with van der Waals surface area (Å²) in [7, 11) is 0. The molecule has 0 N–H and O–H groups in total. The van der Waals surface area contributed by atoms with Crippen molar-refractivity contribution < 1.29 is 9.59 Å². The Hall–Kier alpha value is -3.48. The van der Waals surface area contributed by atoms with Crippen LogP contribution in [-0.4, -0.2) is 62.1 Å². The van der Waals surface area contributed by atoms with Gasteiger partial charge in [0.1, 0.15) is 6.04 Å². The van der Waals surface area contributed by atoms with Crippen LogP contribution in [0.4, 0.5) is 0 Å². The van der Waals surface area contributed by atoms with E-state index in [1.807, 2.05) is 48.4 Å². The molecule has 7 nitrogen and oxygen atoms in total. The van der Waals surface area contributed by atoms with Crippen LogP contribution in [0.15, 0.2) is 67.3 Å². The molecule has 0 spiro atoms. The average Bonchev–Trinajstić information content (AvgIpc) is 3.35. The molecule has 1 aromatic carbocycles. The molecule has 0 aliphatic carbocycles. The van der Waals surface area contributed by atoms with Gasteiger partial charge in [0, 0.05) is 50.8 Å². The average molecular weight is 446 g/mol. The fourth-order valence-electron chi connectivity index (χ4n) is 4.49. The van der Waals surface area contributed by atoms with E-state index in [1.54, 1.807) is 28.2 Å². The number of amides is 2. The van der Waals surface area contributed by atoms with Gasteiger partial charge in [-0.05, 0) is 41.3 Å². The van der Waals surface area contributed by atoms with E-state index in [0.717, 1.165) is 29.7 Å². The summed E-state index contributed by atoms with van der Waals surface area (Å²) in [6, 6.07) is 13.5. The van der Waals surface area contributed by atoms with Crippen LogP contribution in [0, 0.1) is 5.92 Å². The van der Waals surface area contributed by atoms with Crippen molar-refractivity contribution in [2.45, 2.75) is 39.3 Å². The van der Waals surface area contributed by atoms with Gasteiger partial charge in [0.25, 0.3) is 0 Å². The zero-order valence-electron chi connectivity index (χ0n) is 19.3. The molecule has 1 aliphatic heterocycles. The van der Waals surface area contributed by atoms with Crippen LogP contribution in [0.5, 0.6) is 0 Å². The van der Waals surface area contributed by atoms with Crippen molar-refractivity contribution in [2.24, 2.45) is 5.92 Å². The van der Waals surface area contributed by atoms with E-state index >= 15 is 0 Å². The smallest absolute Gasteiger partial charge is 0.245 e. The molecule has 2 aromatic heterocycles. The molecule has 1 aliphatic rings. The highest BCUT2D eigenvalue weighted by atomic mass is 16.2. The van der Waals surface area contributed by atoms with E-state index in [9.17, 15) is 9.59 Å². The molecule has 0 saturated carbocycles. The van der Waals surface area contributed by atoms with Gasteiger partial charge in [0.2, 0.25) is 11.8 Å². The summed E-state index contributed by atoms with van der Waals surface area (Å²) in [5, 5.41) is 4.23. The summed E-state index contributed by atoms with van der Waals surface area (Å²) in [5.41, 5.74) is 3.20. The third-order valence-corrected chi connectivity index (χ3v) is 6.17. The molecule has 2 atom stereocenters. The molecule has 0 unspecified atom stereocenters. The third kappa shape index (κ3) is 5.30. The molecule has 1 saturated heterocycles. The van der Waals surface area contributed by atoms with Crippen molar-refractivity contribution in [1.29, 1.82) is 0 Å². The quantitative estimate of drug-likeness (QED) is 0.534. The zero-order chi connectivity index (χ0) is 23.2. The zero-order valence-corrected chi connectivity index (χ0v) is 19.3. The number of pyridine rings is 1. The highest BCUT2D eigenvalue weighted by molar-refractivity contribution is 5.90. The Morgan fingerprint density at radius 2 is 1.91 bits per heavy atom. The predicted octanol–water partition coefficient (Wildman–Crippen LogP) is 3.27. The monoisotopic (exact) mass is 445 g/mol. The Kier molecular flexibility index (Phi) is 7.17. The first-order valence-electron chi connectivity index (χ1n) is 11.6. The van der Waals surface area contributed by atoms with Gasteiger partial charge in [0.05, 0.1) is 12.5 Å². The van der Waals surface area contributed by atoms with E-state index in [2.05, 4.69) is 29.1 Å². The van der Waals surface area contributed by atoms with Crippen LogP contribution in [-0.2, 0) is 22.6 Å². The molecule has 2 amide bonds. The Morgan fingerprint density at radius 1 is 1.09 bits per heavy atom. The number of hydrogen-bond donors (Lipinski definition) is 0. The number of aromatic nitrogens is 3. The van der Waals surface area contributed by atoms with Crippen LogP contribution in [0.2, 0.25) is 0 Å². The molecule has 4 rings (SSSR count). The van der Waals surface area contributed by atoms with E-state index in [-0.39, 0.29) is 17.7 Å². The number of nitrogens with zero attached hydrogens (tertiary/aromatic N) is 5. The lowest BCUT2D eigenvalue weighted by atomic mass is 9.96. The number of hydrogen-bond acceptors (Lipinski definition) is 4. The van der Waals surface area contributed by atoms with E-state index < -0.39 is 6.04 Å². The van der Waals surface area contributed by atoms with E-state index in [0.29, 0.717) is 26.1 Å². The summed E-state index contributed by atoms with van der Waals surface area (Å²) >= 11 is 0. The first-order chi connectivity index (χ1) is 16.1. The molecule has 33 heavy (non-hydrogen) atoms. The largest absolute Gasteiger partial charge is 0.339 e. The summed E-state index contributed by atoms with van der Waals surface area (Å²) < 4.78 is 1.77. The van der Waals surface area contributed by atoms with Gasteiger partial charge in [-0.1, -0.05) is 38.1 Å². The maximum absolute atomic E-state index is 13.4. The molecule has 1 fully saturated rings. The molecule has 0 radical (unpaired) electrons. The summed E-state index contributed by atoms with van der Waals surface area (Å²) in [6.45, 7) is 6.35. The van der Waals surface area contributed by atoms with Crippen LogP contribution < -0.4 is 0 Å². The van der Waals surface area contributed by atoms with Crippen molar-refractivity contribution in [3.05, 3.63) is 72.8 Å². The maximum Gasteiger partial charge on any atom is 0.245 e. The number of piperazine rings is 1. The fourth-order valence-corrected chi connectivity index (χ4v) is 4.49. The van der Waals surface area contributed by atoms with Crippen molar-refractivity contribution >= 4 is 11.8 Å². The van der Waals surface area contributed by atoms with Gasteiger partial charge < -0.3 is 9.80 Å². The van der Waals surface area contributed by atoms with Crippen LogP contribution in [0.25, 0.3) is 11.1 Å². The van der Waals surface area contributed by atoms with Crippen molar-refractivity contribution in [2.75, 3.05) is 19.6 Å².